The lowest BCUT2D eigenvalue weighted by atomic mass is 10.1. The Labute approximate surface area is 117 Å². The summed E-state index contributed by atoms with van der Waals surface area (Å²) in [6.07, 6.45) is 0. The van der Waals surface area contributed by atoms with Gasteiger partial charge in [0.25, 0.3) is 0 Å². The average Bonchev–Trinajstić information content (AvgIpc) is 2.57. The molecule has 1 N–H and O–H groups in total. The monoisotopic (exact) mass is 284 g/mol. The van der Waals surface area contributed by atoms with E-state index in [1.165, 1.54) is 0 Å². The van der Waals surface area contributed by atoms with E-state index < -0.39 is 0 Å². The zero-order chi connectivity index (χ0) is 13.3. The predicted molar refractivity (Wildman–Crippen MR) is 77.8 cm³/mol. The zero-order valence-electron chi connectivity index (χ0n) is 10.8. The number of nitrogens with zero attached hydrogens (tertiary/aromatic N) is 1. The second kappa shape index (κ2) is 5.03. The van der Waals surface area contributed by atoms with Crippen LogP contribution in [0.3, 0.4) is 0 Å². The molecule has 0 saturated carbocycles. The van der Waals surface area contributed by atoms with E-state index in [1.54, 1.807) is 0 Å². The molecule has 0 spiro atoms. The van der Waals surface area contributed by atoms with Gasteiger partial charge in [-0.3, -0.25) is 0 Å². The van der Waals surface area contributed by atoms with Gasteiger partial charge in [-0.05, 0) is 45.1 Å². The summed E-state index contributed by atoms with van der Waals surface area (Å²) in [5, 5.41) is 0.687. The number of benzene rings is 1. The van der Waals surface area contributed by atoms with Crippen molar-refractivity contribution in [3.63, 3.8) is 0 Å². The van der Waals surface area contributed by atoms with Crippen LogP contribution in [0.5, 0.6) is 0 Å². The van der Waals surface area contributed by atoms with Gasteiger partial charge in [-0.25, -0.2) is 0 Å². The van der Waals surface area contributed by atoms with Gasteiger partial charge < -0.3 is 14.3 Å². The molecule has 5 heteroatoms. The molecule has 0 unspecified atom stereocenters. The van der Waals surface area contributed by atoms with Gasteiger partial charge in [-0.15, -0.1) is 0 Å². The standard InChI is InChI=1S/C13H17ClN2OS/c1-4-17-13(2,3)8-16-10-7-5-6-9(14)11(10)15-12(16)18/h5-7H,4,8H2,1-3H3,(H,15,18). The second-order valence-electron chi connectivity index (χ2n) is 4.84. The quantitative estimate of drug-likeness (QED) is 0.854. The minimum atomic E-state index is -0.260. The van der Waals surface area contributed by atoms with Crippen LogP contribution in [-0.4, -0.2) is 21.8 Å². The summed E-state index contributed by atoms with van der Waals surface area (Å²) in [7, 11) is 0. The molecule has 3 nitrogen and oxygen atoms in total. The molecule has 98 valence electrons. The van der Waals surface area contributed by atoms with E-state index in [1.807, 2.05) is 29.7 Å². The summed E-state index contributed by atoms with van der Waals surface area (Å²) >= 11 is 11.5. The van der Waals surface area contributed by atoms with Gasteiger partial charge in [0.1, 0.15) is 0 Å². The molecule has 1 heterocycles. The highest BCUT2D eigenvalue weighted by Gasteiger charge is 2.20. The summed E-state index contributed by atoms with van der Waals surface area (Å²) in [6.45, 7) is 7.49. The van der Waals surface area contributed by atoms with Gasteiger partial charge in [0.2, 0.25) is 0 Å². The Morgan fingerprint density at radius 3 is 2.83 bits per heavy atom. The van der Waals surface area contributed by atoms with Crippen LogP contribution >= 0.6 is 23.8 Å². The largest absolute Gasteiger partial charge is 0.374 e. The number of fused-ring (bicyclic) bond motifs is 1. The number of ether oxygens (including phenoxy) is 1. The van der Waals surface area contributed by atoms with Gasteiger partial charge in [-0.2, -0.15) is 0 Å². The lowest BCUT2D eigenvalue weighted by Gasteiger charge is -2.25. The van der Waals surface area contributed by atoms with E-state index in [9.17, 15) is 0 Å². The Hall–Kier alpha value is -0.840. The molecule has 0 aliphatic heterocycles. The van der Waals surface area contributed by atoms with Crippen LogP contribution in [0.25, 0.3) is 11.0 Å². The number of imidazole rings is 1. The van der Waals surface area contributed by atoms with Gasteiger partial charge in [0, 0.05) is 6.61 Å². The number of aromatic nitrogens is 2. The van der Waals surface area contributed by atoms with Crippen LogP contribution in [0.15, 0.2) is 18.2 Å². The topological polar surface area (TPSA) is 29.9 Å². The van der Waals surface area contributed by atoms with Crippen LogP contribution in [0.1, 0.15) is 20.8 Å². The molecule has 2 rings (SSSR count). The van der Waals surface area contributed by atoms with E-state index in [4.69, 9.17) is 28.6 Å². The first kappa shape index (κ1) is 13.6. The average molecular weight is 285 g/mol. The van der Waals surface area contributed by atoms with E-state index in [-0.39, 0.29) is 5.60 Å². The maximum absolute atomic E-state index is 6.15. The van der Waals surface area contributed by atoms with Crippen molar-refractivity contribution in [2.24, 2.45) is 0 Å². The first-order valence-electron chi connectivity index (χ1n) is 5.95. The third-order valence-corrected chi connectivity index (χ3v) is 3.47. The Bertz CT molecular complexity index is 615. The molecule has 0 saturated heterocycles. The van der Waals surface area contributed by atoms with Crippen LogP contribution in [0.4, 0.5) is 0 Å². The maximum Gasteiger partial charge on any atom is 0.178 e. The molecule has 2 aromatic rings. The second-order valence-corrected chi connectivity index (χ2v) is 5.64. The first-order chi connectivity index (χ1) is 8.44. The highest BCUT2D eigenvalue weighted by Crippen LogP contribution is 2.24. The minimum Gasteiger partial charge on any atom is -0.374 e. The predicted octanol–water partition coefficient (Wildman–Crippen LogP) is 4.17. The van der Waals surface area contributed by atoms with Crippen molar-refractivity contribution < 1.29 is 4.74 Å². The van der Waals surface area contributed by atoms with Crippen LogP contribution < -0.4 is 0 Å². The summed E-state index contributed by atoms with van der Waals surface area (Å²) in [5.74, 6) is 0. The van der Waals surface area contributed by atoms with Gasteiger partial charge >= 0.3 is 0 Å². The number of nitrogens with one attached hydrogen (secondary N) is 1. The number of hydrogen-bond acceptors (Lipinski definition) is 2. The summed E-state index contributed by atoms with van der Waals surface area (Å²) in [4.78, 5) is 3.15. The highest BCUT2D eigenvalue weighted by atomic mass is 35.5. The molecule has 0 aliphatic carbocycles. The Balaban J connectivity index is 2.49. The lowest BCUT2D eigenvalue weighted by Crippen LogP contribution is -2.30. The van der Waals surface area contributed by atoms with E-state index in [0.29, 0.717) is 22.9 Å². The van der Waals surface area contributed by atoms with Crippen molar-refractivity contribution in [3.8, 4) is 0 Å². The summed E-state index contributed by atoms with van der Waals surface area (Å²) in [5.41, 5.74) is 1.64. The molecule has 1 aromatic heterocycles. The Kier molecular flexibility index (Phi) is 3.80. The molecule has 18 heavy (non-hydrogen) atoms. The normalized spacial score (nSPS) is 12.2. The first-order valence-corrected chi connectivity index (χ1v) is 6.74. The summed E-state index contributed by atoms with van der Waals surface area (Å²) in [6, 6.07) is 5.79. The highest BCUT2D eigenvalue weighted by molar-refractivity contribution is 7.71. The fraction of sp³-hybridized carbons (Fsp3) is 0.462. The molecular formula is C13H17ClN2OS. The van der Waals surface area contributed by atoms with E-state index in [2.05, 4.69) is 18.8 Å². The molecule has 0 amide bonds. The Morgan fingerprint density at radius 1 is 1.44 bits per heavy atom. The van der Waals surface area contributed by atoms with Crippen LogP contribution in [-0.2, 0) is 11.3 Å². The van der Waals surface area contributed by atoms with Crippen molar-refractivity contribution in [2.75, 3.05) is 6.61 Å². The molecule has 0 radical (unpaired) electrons. The van der Waals surface area contributed by atoms with Crippen molar-refractivity contribution in [1.29, 1.82) is 0 Å². The van der Waals surface area contributed by atoms with Crippen molar-refractivity contribution in [1.82, 2.24) is 9.55 Å². The molecule has 0 atom stereocenters. The van der Waals surface area contributed by atoms with E-state index in [0.717, 1.165) is 11.0 Å². The van der Waals surface area contributed by atoms with Crippen LogP contribution in [0.2, 0.25) is 5.02 Å². The van der Waals surface area contributed by atoms with E-state index >= 15 is 0 Å². The maximum atomic E-state index is 6.15. The van der Waals surface area contributed by atoms with Crippen molar-refractivity contribution in [2.45, 2.75) is 32.9 Å². The fourth-order valence-electron chi connectivity index (χ4n) is 2.12. The molecule has 0 fully saturated rings. The smallest absolute Gasteiger partial charge is 0.178 e. The van der Waals surface area contributed by atoms with Gasteiger partial charge in [0.05, 0.1) is 28.2 Å². The lowest BCUT2D eigenvalue weighted by molar-refractivity contribution is -0.0219. The molecule has 0 aliphatic rings. The number of hydrogen-bond donors (Lipinski definition) is 1. The number of halogens is 1. The zero-order valence-corrected chi connectivity index (χ0v) is 12.4. The fourth-order valence-corrected chi connectivity index (χ4v) is 2.60. The number of H-pyrrole nitrogens is 1. The SMILES string of the molecule is CCOC(C)(C)Cn1c(=S)[nH]c2c(Cl)cccc21. The van der Waals surface area contributed by atoms with Gasteiger partial charge in [0.15, 0.2) is 4.77 Å². The van der Waals surface area contributed by atoms with Crippen molar-refractivity contribution in [3.05, 3.63) is 28.0 Å². The summed E-state index contributed by atoms with van der Waals surface area (Å²) < 4.78 is 8.43. The minimum absolute atomic E-state index is 0.260. The van der Waals surface area contributed by atoms with Crippen molar-refractivity contribution >= 4 is 34.9 Å². The third kappa shape index (κ3) is 2.60. The van der Waals surface area contributed by atoms with Crippen LogP contribution in [0, 0.1) is 4.77 Å². The number of aromatic amines is 1. The third-order valence-electron chi connectivity index (χ3n) is 2.83. The molecular weight excluding hydrogens is 268 g/mol. The Morgan fingerprint density at radius 2 is 2.17 bits per heavy atom. The van der Waals surface area contributed by atoms with Gasteiger partial charge in [-0.1, -0.05) is 17.7 Å². The number of rotatable bonds is 4. The molecule has 0 bridgehead atoms. The number of para-hydroxylation sites is 1. The molecule has 1 aromatic carbocycles.